The maximum absolute atomic E-state index is 12.2. The largest absolute Gasteiger partial charge is 0.493 e. The normalized spacial score (nSPS) is 10.9. The van der Waals surface area contributed by atoms with E-state index >= 15 is 0 Å². The molecule has 4 N–H and O–H groups in total. The van der Waals surface area contributed by atoms with Crippen LogP contribution in [0.4, 0.5) is 11.6 Å². The quantitative estimate of drug-likeness (QED) is 0.178. The zero-order valence-corrected chi connectivity index (χ0v) is 19.3. The molecule has 0 aliphatic rings. The van der Waals surface area contributed by atoms with Crippen molar-refractivity contribution in [2.45, 2.75) is 5.16 Å². The van der Waals surface area contributed by atoms with Gasteiger partial charge in [0.1, 0.15) is 0 Å². The van der Waals surface area contributed by atoms with Gasteiger partial charge in [0.2, 0.25) is 11.1 Å². The average Bonchev–Trinajstić information content (AvgIpc) is 3.14. The van der Waals surface area contributed by atoms with Crippen LogP contribution in [0.1, 0.15) is 5.56 Å². The SMILES string of the molecule is COc1ccc(/C=N/Nc2nnc(SCC(=O)Nc3cc(Cl)ccc3Cl)n2N)cc1OC. The Morgan fingerprint density at radius 3 is 2.72 bits per heavy atom. The zero-order valence-electron chi connectivity index (χ0n) is 17.0. The van der Waals surface area contributed by atoms with Crippen LogP contribution < -0.4 is 26.1 Å². The Balaban J connectivity index is 1.56. The first-order valence-electron chi connectivity index (χ1n) is 9.00. The molecule has 0 radical (unpaired) electrons. The number of hydrazone groups is 1. The molecule has 0 atom stereocenters. The van der Waals surface area contributed by atoms with Gasteiger partial charge >= 0.3 is 0 Å². The molecule has 0 saturated carbocycles. The monoisotopic (exact) mass is 495 g/mol. The summed E-state index contributed by atoms with van der Waals surface area (Å²) in [4.78, 5) is 12.2. The van der Waals surface area contributed by atoms with Crippen LogP contribution in [0.15, 0.2) is 46.7 Å². The smallest absolute Gasteiger partial charge is 0.264 e. The van der Waals surface area contributed by atoms with E-state index in [1.54, 1.807) is 50.8 Å². The summed E-state index contributed by atoms with van der Waals surface area (Å²) >= 11 is 13.1. The lowest BCUT2D eigenvalue weighted by atomic mass is 10.2. The summed E-state index contributed by atoms with van der Waals surface area (Å²) in [5.41, 5.74) is 3.89. The molecule has 0 unspecified atom stereocenters. The minimum Gasteiger partial charge on any atom is -0.493 e. The Morgan fingerprint density at radius 2 is 1.97 bits per heavy atom. The van der Waals surface area contributed by atoms with Gasteiger partial charge in [0, 0.05) is 5.02 Å². The highest BCUT2D eigenvalue weighted by Gasteiger charge is 2.13. The molecular weight excluding hydrogens is 477 g/mol. The molecule has 0 fully saturated rings. The first-order valence-corrected chi connectivity index (χ1v) is 10.7. The number of carbonyl (C=O) groups excluding carboxylic acids is 1. The van der Waals surface area contributed by atoms with Crippen LogP contribution in [0.5, 0.6) is 11.5 Å². The van der Waals surface area contributed by atoms with E-state index in [4.69, 9.17) is 38.5 Å². The second-order valence-electron chi connectivity index (χ2n) is 6.12. The van der Waals surface area contributed by atoms with Gasteiger partial charge < -0.3 is 20.6 Å². The Kier molecular flexibility index (Phi) is 8.03. The lowest BCUT2D eigenvalue weighted by Crippen LogP contribution is -2.17. The van der Waals surface area contributed by atoms with E-state index in [-0.39, 0.29) is 17.6 Å². The number of nitrogen functional groups attached to an aromatic ring is 1. The summed E-state index contributed by atoms with van der Waals surface area (Å²) in [6.45, 7) is 0. The highest BCUT2D eigenvalue weighted by molar-refractivity contribution is 7.99. The van der Waals surface area contributed by atoms with Crippen LogP contribution >= 0.6 is 35.0 Å². The van der Waals surface area contributed by atoms with Gasteiger partial charge in [-0.05, 0) is 42.0 Å². The number of thioether (sulfide) groups is 1. The van der Waals surface area contributed by atoms with E-state index in [2.05, 4.69) is 26.0 Å². The van der Waals surface area contributed by atoms with Gasteiger partial charge in [-0.1, -0.05) is 35.0 Å². The number of halogens is 2. The maximum Gasteiger partial charge on any atom is 0.264 e. The number of ether oxygens (including phenoxy) is 2. The first kappa shape index (κ1) is 23.5. The summed E-state index contributed by atoms with van der Waals surface area (Å²) in [5.74, 6) is 7.10. The van der Waals surface area contributed by atoms with Crippen molar-refractivity contribution in [3.63, 3.8) is 0 Å². The maximum atomic E-state index is 12.2. The molecule has 10 nitrogen and oxygen atoms in total. The van der Waals surface area contributed by atoms with Gasteiger partial charge in [0.15, 0.2) is 11.5 Å². The topological polar surface area (TPSA) is 129 Å². The fraction of sp³-hybridized carbons (Fsp3) is 0.158. The lowest BCUT2D eigenvalue weighted by Gasteiger charge is -2.08. The summed E-state index contributed by atoms with van der Waals surface area (Å²) in [7, 11) is 3.11. The minimum absolute atomic E-state index is 0.0348. The highest BCUT2D eigenvalue weighted by atomic mass is 35.5. The predicted octanol–water partition coefficient (Wildman–Crippen LogP) is 3.49. The van der Waals surface area contributed by atoms with Crippen molar-refractivity contribution in [1.82, 2.24) is 14.9 Å². The Bertz CT molecular complexity index is 1140. The number of hydrogen-bond acceptors (Lipinski definition) is 9. The van der Waals surface area contributed by atoms with Crippen LogP contribution in [-0.4, -0.2) is 47.0 Å². The molecule has 0 aliphatic carbocycles. The third-order valence-electron chi connectivity index (χ3n) is 3.99. The van der Waals surface area contributed by atoms with Crippen molar-refractivity contribution >= 4 is 58.7 Å². The summed E-state index contributed by atoms with van der Waals surface area (Å²) in [6, 6.07) is 10.1. The highest BCUT2D eigenvalue weighted by Crippen LogP contribution is 2.27. The molecule has 1 heterocycles. The molecular formula is C19H19Cl2N7O3S. The van der Waals surface area contributed by atoms with Crippen LogP contribution in [-0.2, 0) is 4.79 Å². The Morgan fingerprint density at radius 1 is 1.19 bits per heavy atom. The fourth-order valence-corrected chi connectivity index (χ4v) is 3.45. The van der Waals surface area contributed by atoms with E-state index in [0.717, 1.165) is 17.3 Å². The van der Waals surface area contributed by atoms with E-state index in [0.29, 0.717) is 32.4 Å². The van der Waals surface area contributed by atoms with Crippen molar-refractivity contribution in [3.05, 3.63) is 52.0 Å². The number of amides is 1. The van der Waals surface area contributed by atoms with E-state index < -0.39 is 0 Å². The summed E-state index contributed by atoms with van der Waals surface area (Å²) in [5, 5.41) is 15.8. The summed E-state index contributed by atoms with van der Waals surface area (Å²) < 4.78 is 11.6. The lowest BCUT2D eigenvalue weighted by molar-refractivity contribution is -0.113. The number of anilines is 2. The number of rotatable bonds is 9. The van der Waals surface area contributed by atoms with Crippen LogP contribution in [0.25, 0.3) is 0 Å². The van der Waals surface area contributed by atoms with Crippen molar-refractivity contribution in [1.29, 1.82) is 0 Å². The number of carbonyl (C=O) groups is 1. The molecule has 0 aliphatic heterocycles. The first-order chi connectivity index (χ1) is 15.4. The Hall–Kier alpha value is -3.15. The third-order valence-corrected chi connectivity index (χ3v) is 5.49. The van der Waals surface area contributed by atoms with Crippen LogP contribution in [0.2, 0.25) is 10.0 Å². The van der Waals surface area contributed by atoms with Crippen LogP contribution in [0.3, 0.4) is 0 Å². The van der Waals surface area contributed by atoms with Gasteiger partial charge in [-0.3, -0.25) is 4.79 Å². The molecule has 2 aromatic carbocycles. The number of methoxy groups -OCH3 is 2. The van der Waals surface area contributed by atoms with E-state index in [1.165, 1.54) is 4.68 Å². The van der Waals surface area contributed by atoms with Crippen molar-refractivity contribution in [2.24, 2.45) is 5.10 Å². The van der Waals surface area contributed by atoms with Crippen molar-refractivity contribution < 1.29 is 14.3 Å². The molecule has 3 rings (SSSR count). The molecule has 168 valence electrons. The van der Waals surface area contributed by atoms with Gasteiger partial charge in [0.05, 0.1) is 36.9 Å². The van der Waals surface area contributed by atoms with Gasteiger partial charge in [-0.15, -0.1) is 10.2 Å². The van der Waals surface area contributed by atoms with Gasteiger partial charge in [0.25, 0.3) is 5.95 Å². The molecule has 1 aromatic heterocycles. The van der Waals surface area contributed by atoms with Crippen LogP contribution in [0, 0.1) is 0 Å². The fourth-order valence-electron chi connectivity index (χ4n) is 2.46. The van der Waals surface area contributed by atoms with Gasteiger partial charge in [-0.2, -0.15) is 5.10 Å². The predicted molar refractivity (Wildman–Crippen MR) is 127 cm³/mol. The molecule has 0 spiro atoms. The van der Waals surface area contributed by atoms with Crippen molar-refractivity contribution in [3.8, 4) is 11.5 Å². The molecule has 3 aromatic rings. The third kappa shape index (κ3) is 5.96. The average molecular weight is 496 g/mol. The molecule has 13 heteroatoms. The van der Waals surface area contributed by atoms with Crippen molar-refractivity contribution in [2.75, 3.05) is 36.6 Å². The standard InChI is InChI=1S/C19H19Cl2N7O3S/c1-30-15-6-3-11(7-16(15)31-2)9-23-25-18-26-27-19(28(18)22)32-10-17(29)24-14-8-12(20)4-5-13(14)21/h3-9H,10,22H2,1-2H3,(H,24,29)(H,25,26)/b23-9+. The van der Waals surface area contributed by atoms with Gasteiger partial charge in [-0.25, -0.2) is 10.1 Å². The number of nitrogens with zero attached hydrogens (tertiary/aromatic N) is 4. The molecule has 1 amide bonds. The number of aromatic nitrogens is 3. The van der Waals surface area contributed by atoms with E-state index in [9.17, 15) is 4.79 Å². The molecule has 0 bridgehead atoms. The second-order valence-corrected chi connectivity index (χ2v) is 7.91. The number of nitrogens with one attached hydrogen (secondary N) is 2. The summed E-state index contributed by atoms with van der Waals surface area (Å²) in [6.07, 6.45) is 1.56. The minimum atomic E-state index is -0.303. The molecule has 0 saturated heterocycles. The number of nitrogens with two attached hydrogens (primary N) is 1. The molecule has 32 heavy (non-hydrogen) atoms. The Labute approximate surface area is 198 Å². The zero-order chi connectivity index (χ0) is 23.1. The number of benzene rings is 2. The number of hydrogen-bond donors (Lipinski definition) is 3. The van der Waals surface area contributed by atoms with E-state index in [1.807, 2.05) is 6.07 Å². The second kappa shape index (κ2) is 10.9.